The van der Waals surface area contributed by atoms with Gasteiger partial charge in [0.05, 0.1) is 12.7 Å². The average Bonchev–Trinajstić information content (AvgIpc) is 2.38. The Hall–Kier alpha value is -0.950. The van der Waals surface area contributed by atoms with Gasteiger partial charge in [-0.05, 0) is 25.1 Å². The first kappa shape index (κ1) is 17.1. The third-order valence-corrected chi connectivity index (χ3v) is 2.91. The van der Waals surface area contributed by atoms with Crippen LogP contribution in [0, 0.1) is 0 Å². The summed E-state index contributed by atoms with van der Waals surface area (Å²) in [4.78, 5) is 0. The van der Waals surface area contributed by atoms with Crippen molar-refractivity contribution in [1.29, 1.82) is 0 Å². The molecule has 20 heavy (non-hydrogen) atoms. The van der Waals surface area contributed by atoms with Crippen LogP contribution in [0.15, 0.2) is 18.2 Å². The number of aliphatic hydroxyl groups is 1. The fourth-order valence-electron chi connectivity index (χ4n) is 1.74. The molecule has 0 aliphatic heterocycles. The lowest BCUT2D eigenvalue weighted by atomic mass is 10.1. The van der Waals surface area contributed by atoms with Crippen molar-refractivity contribution in [3.05, 3.63) is 28.8 Å². The molecule has 2 N–H and O–H groups in total. The Morgan fingerprint density at radius 2 is 2.10 bits per heavy atom. The summed E-state index contributed by atoms with van der Waals surface area (Å²) in [6, 6.07) is 4.12. The first-order valence-electron chi connectivity index (χ1n) is 6.08. The maximum atomic E-state index is 12.3. The van der Waals surface area contributed by atoms with E-state index in [-0.39, 0.29) is 24.9 Å². The Morgan fingerprint density at radius 3 is 2.70 bits per heavy atom. The van der Waals surface area contributed by atoms with Gasteiger partial charge in [-0.25, -0.2) is 0 Å². The number of benzene rings is 1. The summed E-state index contributed by atoms with van der Waals surface area (Å²) in [7, 11) is 1.48. The molecule has 0 saturated heterocycles. The van der Waals surface area contributed by atoms with Gasteiger partial charge in [0.1, 0.15) is 5.75 Å². The Balaban J connectivity index is 2.74. The molecule has 0 spiro atoms. The molecular formula is C13H18ClF2NO3. The molecule has 1 aromatic carbocycles. The van der Waals surface area contributed by atoms with Crippen molar-refractivity contribution in [3.8, 4) is 5.75 Å². The number of aliphatic hydroxyl groups excluding tert-OH is 1. The molecular weight excluding hydrogens is 292 g/mol. The van der Waals surface area contributed by atoms with Crippen LogP contribution >= 0.6 is 11.6 Å². The van der Waals surface area contributed by atoms with E-state index in [4.69, 9.17) is 16.3 Å². The van der Waals surface area contributed by atoms with Gasteiger partial charge in [0, 0.05) is 30.3 Å². The maximum Gasteiger partial charge on any atom is 0.387 e. The standard InChI is InChI=1S/C13H18ClF2NO3/c1-8(17-6-10(18)7-19-2)11-5-9(14)3-4-12(11)20-13(15)16/h3-5,8,10,13,17-18H,6-7H2,1-2H3. The minimum atomic E-state index is -2.90. The van der Waals surface area contributed by atoms with Gasteiger partial charge in [0.2, 0.25) is 0 Å². The number of alkyl halides is 2. The van der Waals surface area contributed by atoms with Crippen molar-refractivity contribution < 1.29 is 23.4 Å². The number of ether oxygens (including phenoxy) is 2. The second-order valence-corrected chi connectivity index (χ2v) is 4.74. The summed E-state index contributed by atoms with van der Waals surface area (Å²) < 4.78 is 34.0. The van der Waals surface area contributed by atoms with Gasteiger partial charge in [-0.1, -0.05) is 11.6 Å². The zero-order valence-electron chi connectivity index (χ0n) is 11.3. The highest BCUT2D eigenvalue weighted by Crippen LogP contribution is 2.29. The molecule has 0 aliphatic carbocycles. The van der Waals surface area contributed by atoms with Gasteiger partial charge in [-0.15, -0.1) is 0 Å². The number of hydrogen-bond acceptors (Lipinski definition) is 4. The molecule has 0 saturated carbocycles. The summed E-state index contributed by atoms with van der Waals surface area (Å²) in [6.07, 6.45) is -0.680. The minimum Gasteiger partial charge on any atom is -0.434 e. The molecule has 0 fully saturated rings. The molecule has 0 amide bonds. The Morgan fingerprint density at radius 1 is 1.40 bits per heavy atom. The minimum absolute atomic E-state index is 0.0608. The number of halogens is 3. The van der Waals surface area contributed by atoms with Crippen molar-refractivity contribution in [2.75, 3.05) is 20.3 Å². The second kappa shape index (κ2) is 8.36. The zero-order chi connectivity index (χ0) is 15.1. The lowest BCUT2D eigenvalue weighted by molar-refractivity contribution is -0.0507. The molecule has 114 valence electrons. The van der Waals surface area contributed by atoms with Crippen molar-refractivity contribution in [2.24, 2.45) is 0 Å². The predicted molar refractivity (Wildman–Crippen MR) is 72.4 cm³/mol. The van der Waals surface area contributed by atoms with E-state index in [1.807, 2.05) is 0 Å². The van der Waals surface area contributed by atoms with Crippen molar-refractivity contribution in [2.45, 2.75) is 25.7 Å². The maximum absolute atomic E-state index is 12.3. The second-order valence-electron chi connectivity index (χ2n) is 4.30. The topological polar surface area (TPSA) is 50.7 Å². The monoisotopic (exact) mass is 309 g/mol. The number of rotatable bonds is 8. The highest BCUT2D eigenvalue weighted by atomic mass is 35.5. The molecule has 0 aliphatic rings. The van der Waals surface area contributed by atoms with Gasteiger partial charge < -0.3 is 19.9 Å². The summed E-state index contributed by atoms with van der Waals surface area (Å²) in [6.45, 7) is -0.685. The molecule has 0 heterocycles. The zero-order valence-corrected chi connectivity index (χ0v) is 12.0. The predicted octanol–water partition coefficient (Wildman–Crippen LogP) is 2.60. The quantitative estimate of drug-likeness (QED) is 0.775. The van der Waals surface area contributed by atoms with Crippen LogP contribution in [0.2, 0.25) is 5.02 Å². The van der Waals surface area contributed by atoms with Crippen LogP contribution in [0.5, 0.6) is 5.75 Å². The number of hydrogen-bond donors (Lipinski definition) is 2. The smallest absolute Gasteiger partial charge is 0.387 e. The SMILES string of the molecule is COCC(O)CNC(C)c1cc(Cl)ccc1OC(F)F. The summed E-state index contributed by atoms with van der Waals surface area (Å²) >= 11 is 5.87. The lowest BCUT2D eigenvalue weighted by Gasteiger charge is -2.20. The van der Waals surface area contributed by atoms with Crippen LogP contribution in [-0.4, -0.2) is 38.1 Å². The number of nitrogens with one attached hydrogen (secondary N) is 1. The Bertz CT molecular complexity index is 421. The van der Waals surface area contributed by atoms with E-state index >= 15 is 0 Å². The normalized spacial score (nSPS) is 14.3. The van der Waals surface area contributed by atoms with Crippen molar-refractivity contribution in [1.82, 2.24) is 5.32 Å². The van der Waals surface area contributed by atoms with E-state index in [1.165, 1.54) is 19.2 Å². The largest absolute Gasteiger partial charge is 0.434 e. The molecule has 0 bridgehead atoms. The molecule has 2 unspecified atom stereocenters. The van der Waals surface area contributed by atoms with E-state index in [9.17, 15) is 13.9 Å². The molecule has 2 atom stereocenters. The molecule has 0 radical (unpaired) electrons. The Labute approximate surface area is 121 Å². The van der Waals surface area contributed by atoms with Crippen molar-refractivity contribution >= 4 is 11.6 Å². The van der Waals surface area contributed by atoms with E-state index in [2.05, 4.69) is 10.1 Å². The van der Waals surface area contributed by atoms with E-state index < -0.39 is 12.7 Å². The third kappa shape index (κ3) is 5.58. The Kier molecular flexibility index (Phi) is 7.15. The highest BCUT2D eigenvalue weighted by molar-refractivity contribution is 6.30. The highest BCUT2D eigenvalue weighted by Gasteiger charge is 2.16. The van der Waals surface area contributed by atoms with Gasteiger partial charge in [-0.2, -0.15) is 8.78 Å². The van der Waals surface area contributed by atoms with Crippen LogP contribution in [0.25, 0.3) is 0 Å². The fraction of sp³-hybridized carbons (Fsp3) is 0.538. The van der Waals surface area contributed by atoms with Crippen LogP contribution in [0.3, 0.4) is 0 Å². The van der Waals surface area contributed by atoms with Gasteiger partial charge in [0.15, 0.2) is 0 Å². The molecule has 7 heteroatoms. The van der Waals surface area contributed by atoms with Gasteiger partial charge in [0.25, 0.3) is 0 Å². The van der Waals surface area contributed by atoms with Crippen LogP contribution in [0.1, 0.15) is 18.5 Å². The molecule has 1 aromatic rings. The van der Waals surface area contributed by atoms with Crippen LogP contribution < -0.4 is 10.1 Å². The average molecular weight is 310 g/mol. The van der Waals surface area contributed by atoms with Crippen LogP contribution in [0.4, 0.5) is 8.78 Å². The molecule has 0 aromatic heterocycles. The van der Waals surface area contributed by atoms with E-state index in [0.29, 0.717) is 10.6 Å². The van der Waals surface area contributed by atoms with Gasteiger partial charge in [-0.3, -0.25) is 0 Å². The third-order valence-electron chi connectivity index (χ3n) is 2.67. The van der Waals surface area contributed by atoms with Crippen LogP contribution in [-0.2, 0) is 4.74 Å². The van der Waals surface area contributed by atoms with E-state index in [0.717, 1.165) is 0 Å². The number of methoxy groups -OCH3 is 1. The van der Waals surface area contributed by atoms with Crippen molar-refractivity contribution in [3.63, 3.8) is 0 Å². The summed E-state index contributed by atoms with van der Waals surface area (Å²) in [5.41, 5.74) is 0.502. The fourth-order valence-corrected chi connectivity index (χ4v) is 1.92. The summed E-state index contributed by atoms with van der Waals surface area (Å²) in [5.74, 6) is 0.0608. The van der Waals surface area contributed by atoms with E-state index in [1.54, 1.807) is 13.0 Å². The summed E-state index contributed by atoms with van der Waals surface area (Å²) in [5, 5.41) is 13.0. The van der Waals surface area contributed by atoms with Gasteiger partial charge >= 0.3 is 6.61 Å². The molecule has 4 nitrogen and oxygen atoms in total. The lowest BCUT2D eigenvalue weighted by Crippen LogP contribution is -2.32. The first-order valence-corrected chi connectivity index (χ1v) is 6.46. The molecule has 1 rings (SSSR count). The first-order chi connectivity index (χ1) is 9.43.